The molecular weight excluding hydrogens is 246 g/mol. The summed E-state index contributed by atoms with van der Waals surface area (Å²) >= 11 is 0. The second kappa shape index (κ2) is 8.00. The summed E-state index contributed by atoms with van der Waals surface area (Å²) in [6.45, 7) is 9.51. The molecule has 0 bridgehead atoms. The first-order valence-corrected chi connectivity index (χ1v) is 8.34. The molecule has 0 aliphatic heterocycles. The molecule has 1 rings (SSSR count). The topological polar surface area (TPSA) is 39.1 Å². The van der Waals surface area contributed by atoms with Gasteiger partial charge in [-0.05, 0) is 65.5 Å². The van der Waals surface area contributed by atoms with E-state index in [1.165, 1.54) is 32.1 Å². The Morgan fingerprint density at radius 3 is 2.35 bits per heavy atom. The van der Waals surface area contributed by atoms with Crippen LogP contribution in [0.4, 0.5) is 0 Å². The van der Waals surface area contributed by atoms with Crippen molar-refractivity contribution in [3.8, 4) is 6.07 Å². The molecule has 1 aliphatic rings. The van der Waals surface area contributed by atoms with Gasteiger partial charge in [0.15, 0.2) is 0 Å². The Bertz CT molecular complexity index is 315. The maximum atomic E-state index is 9.39. The van der Waals surface area contributed by atoms with Crippen molar-refractivity contribution in [2.75, 3.05) is 13.6 Å². The lowest BCUT2D eigenvalue weighted by Crippen LogP contribution is -2.49. The van der Waals surface area contributed by atoms with Gasteiger partial charge in [-0.1, -0.05) is 20.3 Å². The molecule has 2 unspecified atom stereocenters. The Morgan fingerprint density at radius 2 is 1.90 bits per heavy atom. The molecular formula is C17H33N3. The van der Waals surface area contributed by atoms with Crippen molar-refractivity contribution >= 4 is 0 Å². The molecule has 0 amide bonds. The molecule has 3 nitrogen and oxygen atoms in total. The van der Waals surface area contributed by atoms with E-state index in [9.17, 15) is 5.26 Å². The Morgan fingerprint density at radius 1 is 1.30 bits per heavy atom. The molecule has 2 atom stereocenters. The van der Waals surface area contributed by atoms with E-state index in [-0.39, 0.29) is 0 Å². The Kier molecular flexibility index (Phi) is 6.99. The second-order valence-electron chi connectivity index (χ2n) is 6.78. The minimum Gasteiger partial charge on any atom is -0.301 e. The van der Waals surface area contributed by atoms with Crippen molar-refractivity contribution in [2.45, 2.75) is 83.8 Å². The van der Waals surface area contributed by atoms with Crippen molar-refractivity contribution in [1.29, 1.82) is 5.26 Å². The van der Waals surface area contributed by atoms with E-state index in [0.717, 1.165) is 18.9 Å². The minimum atomic E-state index is -0.400. The highest BCUT2D eigenvalue weighted by molar-refractivity contribution is 5.05. The summed E-state index contributed by atoms with van der Waals surface area (Å²) < 4.78 is 0. The van der Waals surface area contributed by atoms with Gasteiger partial charge in [0.25, 0.3) is 0 Å². The zero-order valence-corrected chi connectivity index (χ0v) is 14.1. The second-order valence-corrected chi connectivity index (χ2v) is 6.78. The fourth-order valence-corrected chi connectivity index (χ4v) is 3.60. The average Bonchev–Trinajstić information content (AvgIpc) is 2.46. The molecule has 20 heavy (non-hydrogen) atoms. The summed E-state index contributed by atoms with van der Waals surface area (Å²) in [4.78, 5) is 2.51. The molecule has 0 heterocycles. The van der Waals surface area contributed by atoms with E-state index in [0.29, 0.717) is 12.1 Å². The zero-order chi connectivity index (χ0) is 15.2. The summed E-state index contributed by atoms with van der Waals surface area (Å²) in [5.41, 5.74) is -0.400. The van der Waals surface area contributed by atoms with Crippen LogP contribution in [0.25, 0.3) is 0 Å². The molecule has 0 aromatic rings. The van der Waals surface area contributed by atoms with Crippen molar-refractivity contribution in [3.63, 3.8) is 0 Å². The predicted octanol–water partition coefficient (Wildman–Crippen LogP) is 3.56. The van der Waals surface area contributed by atoms with Crippen molar-refractivity contribution in [3.05, 3.63) is 0 Å². The first-order valence-electron chi connectivity index (χ1n) is 8.34. The van der Waals surface area contributed by atoms with E-state index in [4.69, 9.17) is 0 Å². The third kappa shape index (κ3) is 4.75. The maximum Gasteiger partial charge on any atom is 0.105 e. The van der Waals surface area contributed by atoms with Gasteiger partial charge in [-0.25, -0.2) is 0 Å². The maximum absolute atomic E-state index is 9.39. The predicted molar refractivity (Wildman–Crippen MR) is 85.6 cm³/mol. The van der Waals surface area contributed by atoms with E-state index in [1.54, 1.807) is 0 Å². The number of hydrogen-bond acceptors (Lipinski definition) is 3. The molecule has 1 fully saturated rings. The highest BCUT2D eigenvalue weighted by Gasteiger charge is 2.30. The number of nitriles is 1. The smallest absolute Gasteiger partial charge is 0.105 e. The van der Waals surface area contributed by atoms with Gasteiger partial charge in [-0.2, -0.15) is 5.26 Å². The summed E-state index contributed by atoms with van der Waals surface area (Å²) in [7, 11) is 2.24. The number of rotatable bonds is 7. The molecule has 1 saturated carbocycles. The normalized spacial score (nSPS) is 27.9. The standard InChI is InChI=1S/C17H33N3/c1-6-15-8-10-16(11-9-15)20(5)14(3)12-17(4,13-18)19-7-2/h14-16,19H,6-12H2,1-5H3. The van der Waals surface area contributed by atoms with E-state index in [2.05, 4.69) is 44.1 Å². The molecule has 3 heteroatoms. The molecule has 0 aromatic carbocycles. The molecule has 1 N–H and O–H groups in total. The summed E-state index contributed by atoms with van der Waals surface area (Å²) in [5, 5.41) is 12.7. The largest absolute Gasteiger partial charge is 0.301 e. The van der Waals surface area contributed by atoms with Gasteiger partial charge in [-0.15, -0.1) is 0 Å². The molecule has 116 valence electrons. The molecule has 0 aromatic heterocycles. The van der Waals surface area contributed by atoms with E-state index in [1.807, 2.05) is 6.92 Å². The lowest BCUT2D eigenvalue weighted by molar-refractivity contribution is 0.111. The average molecular weight is 279 g/mol. The lowest BCUT2D eigenvalue weighted by Gasteiger charge is -2.39. The highest BCUT2D eigenvalue weighted by Crippen LogP contribution is 2.30. The van der Waals surface area contributed by atoms with Crippen LogP contribution in [0.5, 0.6) is 0 Å². The van der Waals surface area contributed by atoms with Gasteiger partial charge in [0.1, 0.15) is 5.54 Å². The van der Waals surface area contributed by atoms with Gasteiger partial charge >= 0.3 is 0 Å². The first-order chi connectivity index (χ1) is 9.45. The van der Waals surface area contributed by atoms with Crippen LogP contribution >= 0.6 is 0 Å². The SMILES string of the molecule is CCNC(C)(C#N)CC(C)N(C)C1CCC(CC)CC1. The fraction of sp³-hybridized carbons (Fsp3) is 0.941. The summed E-state index contributed by atoms with van der Waals surface area (Å²) in [5.74, 6) is 0.945. The van der Waals surface area contributed by atoms with Gasteiger partial charge in [0.2, 0.25) is 0 Å². The van der Waals surface area contributed by atoms with Crippen LogP contribution in [-0.4, -0.2) is 36.1 Å². The number of nitrogens with zero attached hydrogens (tertiary/aromatic N) is 2. The molecule has 0 radical (unpaired) electrons. The van der Waals surface area contributed by atoms with Gasteiger partial charge < -0.3 is 4.90 Å². The first kappa shape index (κ1) is 17.5. The van der Waals surface area contributed by atoms with Crippen LogP contribution < -0.4 is 5.32 Å². The van der Waals surface area contributed by atoms with Crippen molar-refractivity contribution < 1.29 is 0 Å². The van der Waals surface area contributed by atoms with Crippen LogP contribution in [0.1, 0.15) is 66.2 Å². The third-order valence-electron chi connectivity index (χ3n) is 5.18. The van der Waals surface area contributed by atoms with Crippen LogP contribution in [0, 0.1) is 17.2 Å². The highest BCUT2D eigenvalue weighted by atomic mass is 15.2. The fourth-order valence-electron chi connectivity index (χ4n) is 3.60. The number of hydrogen-bond donors (Lipinski definition) is 1. The quantitative estimate of drug-likeness (QED) is 0.774. The third-order valence-corrected chi connectivity index (χ3v) is 5.18. The zero-order valence-electron chi connectivity index (χ0n) is 14.1. The van der Waals surface area contributed by atoms with Crippen molar-refractivity contribution in [2.24, 2.45) is 5.92 Å². The lowest BCUT2D eigenvalue weighted by atomic mass is 9.83. The Hall–Kier alpha value is -0.590. The Balaban J connectivity index is 2.51. The van der Waals surface area contributed by atoms with E-state index >= 15 is 0 Å². The minimum absolute atomic E-state index is 0.400. The molecule has 1 aliphatic carbocycles. The van der Waals surface area contributed by atoms with Crippen LogP contribution in [-0.2, 0) is 0 Å². The number of nitrogens with one attached hydrogen (secondary N) is 1. The van der Waals surface area contributed by atoms with Crippen LogP contribution in [0.3, 0.4) is 0 Å². The van der Waals surface area contributed by atoms with Crippen LogP contribution in [0.15, 0.2) is 0 Å². The Labute approximate surface area is 125 Å². The van der Waals surface area contributed by atoms with Gasteiger partial charge in [0.05, 0.1) is 6.07 Å². The summed E-state index contributed by atoms with van der Waals surface area (Å²) in [6.07, 6.45) is 7.62. The van der Waals surface area contributed by atoms with Gasteiger partial charge in [0, 0.05) is 12.1 Å². The van der Waals surface area contributed by atoms with Gasteiger partial charge in [-0.3, -0.25) is 5.32 Å². The van der Waals surface area contributed by atoms with E-state index < -0.39 is 5.54 Å². The molecule has 0 saturated heterocycles. The monoisotopic (exact) mass is 279 g/mol. The van der Waals surface area contributed by atoms with Crippen LogP contribution in [0.2, 0.25) is 0 Å². The molecule has 0 spiro atoms. The van der Waals surface area contributed by atoms with Crippen molar-refractivity contribution in [1.82, 2.24) is 10.2 Å². The summed E-state index contributed by atoms with van der Waals surface area (Å²) in [6, 6.07) is 3.60.